The van der Waals surface area contributed by atoms with Crippen LogP contribution in [0.3, 0.4) is 0 Å². The van der Waals surface area contributed by atoms with Crippen molar-refractivity contribution < 1.29 is 0 Å². The van der Waals surface area contributed by atoms with Gasteiger partial charge in [-0.3, -0.25) is 4.90 Å². The maximum absolute atomic E-state index is 4.42. The molecule has 2 saturated heterocycles. The number of imidazole rings is 1. The highest BCUT2D eigenvalue weighted by atomic mass is 15.2. The van der Waals surface area contributed by atoms with Gasteiger partial charge in [-0.25, -0.2) is 4.98 Å². The maximum atomic E-state index is 4.42. The average molecular weight is 262 g/mol. The van der Waals surface area contributed by atoms with E-state index in [1.807, 2.05) is 6.33 Å². The van der Waals surface area contributed by atoms with Gasteiger partial charge in [0.1, 0.15) is 0 Å². The number of hydrogen-bond acceptors (Lipinski definition) is 3. The molecule has 3 heterocycles. The first-order chi connectivity index (χ1) is 9.23. The van der Waals surface area contributed by atoms with Crippen LogP contribution in [0.4, 0.5) is 0 Å². The van der Waals surface area contributed by atoms with Crippen LogP contribution >= 0.6 is 0 Å². The third-order valence-electron chi connectivity index (χ3n) is 5.01. The third kappa shape index (κ3) is 2.43. The van der Waals surface area contributed by atoms with E-state index in [9.17, 15) is 0 Å². The number of likely N-dealkylation sites (tertiary alicyclic amines) is 1. The Morgan fingerprint density at radius 3 is 3.16 bits per heavy atom. The molecule has 0 aromatic carbocycles. The summed E-state index contributed by atoms with van der Waals surface area (Å²) < 4.78 is 2.41. The van der Waals surface area contributed by atoms with E-state index < -0.39 is 0 Å². The van der Waals surface area contributed by atoms with Gasteiger partial charge in [-0.1, -0.05) is 13.8 Å². The number of nitrogens with one attached hydrogen (secondary N) is 1. The minimum absolute atomic E-state index is 0.270. The zero-order valence-electron chi connectivity index (χ0n) is 12.2. The van der Waals surface area contributed by atoms with Crippen LogP contribution in [0.5, 0.6) is 0 Å². The smallest absolute Gasteiger partial charge is 0.0948 e. The van der Waals surface area contributed by atoms with Gasteiger partial charge in [0.25, 0.3) is 0 Å². The molecular formula is C15H26N4. The topological polar surface area (TPSA) is 33.1 Å². The molecule has 4 nitrogen and oxygen atoms in total. The lowest BCUT2D eigenvalue weighted by Crippen LogP contribution is -2.35. The fraction of sp³-hybridized carbons (Fsp3) is 0.800. The Kier molecular flexibility index (Phi) is 3.63. The van der Waals surface area contributed by atoms with E-state index in [0.717, 1.165) is 19.6 Å². The Balaban J connectivity index is 1.77. The van der Waals surface area contributed by atoms with E-state index >= 15 is 0 Å². The summed E-state index contributed by atoms with van der Waals surface area (Å²) in [6.07, 6.45) is 8.02. The molecule has 1 N–H and O–H groups in total. The predicted molar refractivity (Wildman–Crippen MR) is 77.3 cm³/mol. The van der Waals surface area contributed by atoms with Gasteiger partial charge in [-0.05, 0) is 38.9 Å². The SMILES string of the molecule is CCN1CCCC1Cn1cncc1C1(C)CCNC1. The molecule has 0 radical (unpaired) electrons. The van der Waals surface area contributed by atoms with Crippen molar-refractivity contribution in [3.63, 3.8) is 0 Å². The van der Waals surface area contributed by atoms with Crippen molar-refractivity contribution in [1.82, 2.24) is 19.8 Å². The van der Waals surface area contributed by atoms with Gasteiger partial charge in [0.15, 0.2) is 0 Å². The molecule has 0 spiro atoms. The molecule has 2 fully saturated rings. The summed E-state index contributed by atoms with van der Waals surface area (Å²) >= 11 is 0. The number of aromatic nitrogens is 2. The van der Waals surface area contributed by atoms with Gasteiger partial charge in [-0.15, -0.1) is 0 Å². The maximum Gasteiger partial charge on any atom is 0.0948 e. The van der Waals surface area contributed by atoms with E-state index in [0.29, 0.717) is 6.04 Å². The fourth-order valence-corrected chi connectivity index (χ4v) is 3.75. The normalized spacial score (nSPS) is 32.2. The third-order valence-corrected chi connectivity index (χ3v) is 5.01. The second-order valence-electron chi connectivity index (χ2n) is 6.34. The van der Waals surface area contributed by atoms with Crippen molar-refractivity contribution in [2.45, 2.75) is 51.1 Å². The average Bonchev–Trinajstić information content (AvgIpc) is 3.10. The molecule has 19 heavy (non-hydrogen) atoms. The summed E-state index contributed by atoms with van der Waals surface area (Å²) in [6.45, 7) is 10.4. The first-order valence-electron chi connectivity index (χ1n) is 7.68. The van der Waals surface area contributed by atoms with Gasteiger partial charge >= 0.3 is 0 Å². The number of rotatable bonds is 4. The van der Waals surface area contributed by atoms with Crippen molar-refractivity contribution in [3.8, 4) is 0 Å². The van der Waals surface area contributed by atoms with Gasteiger partial charge in [0, 0.05) is 36.4 Å². The molecule has 1 aromatic heterocycles. The second kappa shape index (κ2) is 5.25. The summed E-state index contributed by atoms with van der Waals surface area (Å²) in [5.74, 6) is 0. The Morgan fingerprint density at radius 1 is 1.53 bits per heavy atom. The molecule has 2 unspecified atom stereocenters. The molecule has 0 saturated carbocycles. The van der Waals surface area contributed by atoms with E-state index in [4.69, 9.17) is 0 Å². The van der Waals surface area contributed by atoms with E-state index in [2.05, 4.69) is 39.8 Å². The van der Waals surface area contributed by atoms with Crippen LogP contribution in [-0.4, -0.2) is 46.7 Å². The second-order valence-corrected chi connectivity index (χ2v) is 6.34. The lowest BCUT2D eigenvalue weighted by atomic mass is 9.86. The minimum Gasteiger partial charge on any atom is -0.332 e. The number of nitrogens with zero attached hydrogens (tertiary/aromatic N) is 3. The van der Waals surface area contributed by atoms with E-state index in [1.54, 1.807) is 0 Å². The summed E-state index contributed by atoms with van der Waals surface area (Å²) in [4.78, 5) is 7.03. The highest BCUT2D eigenvalue weighted by Gasteiger charge is 2.34. The van der Waals surface area contributed by atoms with Crippen LogP contribution in [0.2, 0.25) is 0 Å². The standard InChI is InChI=1S/C15H26N4/c1-3-18-8-4-5-13(18)10-19-12-17-9-14(19)15(2)6-7-16-11-15/h9,12-13,16H,3-8,10-11H2,1-2H3. The van der Waals surface area contributed by atoms with Crippen LogP contribution in [0.15, 0.2) is 12.5 Å². The van der Waals surface area contributed by atoms with Crippen LogP contribution in [-0.2, 0) is 12.0 Å². The van der Waals surface area contributed by atoms with Crippen molar-refractivity contribution in [1.29, 1.82) is 0 Å². The molecule has 3 rings (SSSR count). The van der Waals surface area contributed by atoms with Gasteiger partial charge in [0.2, 0.25) is 0 Å². The molecule has 1 aromatic rings. The van der Waals surface area contributed by atoms with E-state index in [-0.39, 0.29) is 5.41 Å². The Labute approximate surface area is 116 Å². The molecule has 0 aliphatic carbocycles. The number of hydrogen-bond donors (Lipinski definition) is 1. The van der Waals surface area contributed by atoms with Crippen LogP contribution in [0.25, 0.3) is 0 Å². The van der Waals surface area contributed by atoms with Crippen molar-refractivity contribution in [2.24, 2.45) is 0 Å². The summed E-state index contributed by atoms with van der Waals surface area (Å²) in [6, 6.07) is 0.705. The highest BCUT2D eigenvalue weighted by Crippen LogP contribution is 2.30. The summed E-state index contributed by atoms with van der Waals surface area (Å²) in [5, 5.41) is 3.49. The van der Waals surface area contributed by atoms with Gasteiger partial charge < -0.3 is 9.88 Å². The van der Waals surface area contributed by atoms with Gasteiger partial charge in [-0.2, -0.15) is 0 Å². The highest BCUT2D eigenvalue weighted by molar-refractivity contribution is 5.17. The van der Waals surface area contributed by atoms with Crippen LogP contribution < -0.4 is 5.32 Å². The summed E-state index contributed by atoms with van der Waals surface area (Å²) in [7, 11) is 0. The Morgan fingerprint density at radius 2 is 2.42 bits per heavy atom. The molecule has 2 aliphatic rings. The molecule has 2 atom stereocenters. The van der Waals surface area contributed by atoms with Crippen molar-refractivity contribution in [2.75, 3.05) is 26.2 Å². The molecule has 0 amide bonds. The molecule has 0 bridgehead atoms. The lowest BCUT2D eigenvalue weighted by molar-refractivity contribution is 0.240. The van der Waals surface area contributed by atoms with Crippen molar-refractivity contribution >= 4 is 0 Å². The van der Waals surface area contributed by atoms with Crippen LogP contribution in [0.1, 0.15) is 38.8 Å². The van der Waals surface area contributed by atoms with Crippen LogP contribution in [0, 0.1) is 0 Å². The molecule has 2 aliphatic heterocycles. The largest absolute Gasteiger partial charge is 0.332 e. The van der Waals surface area contributed by atoms with Gasteiger partial charge in [0.05, 0.1) is 6.33 Å². The minimum atomic E-state index is 0.270. The lowest BCUT2D eigenvalue weighted by Gasteiger charge is -2.28. The first kappa shape index (κ1) is 13.1. The fourth-order valence-electron chi connectivity index (χ4n) is 3.75. The first-order valence-corrected chi connectivity index (χ1v) is 7.68. The van der Waals surface area contributed by atoms with Crippen molar-refractivity contribution in [3.05, 3.63) is 18.2 Å². The molecule has 4 heteroatoms. The zero-order valence-corrected chi connectivity index (χ0v) is 12.2. The quantitative estimate of drug-likeness (QED) is 0.895. The summed E-state index contributed by atoms with van der Waals surface area (Å²) in [5.41, 5.74) is 1.69. The monoisotopic (exact) mass is 262 g/mol. The number of likely N-dealkylation sites (N-methyl/N-ethyl adjacent to an activating group) is 1. The predicted octanol–water partition coefficient (Wildman–Crippen LogP) is 1.62. The molecule has 106 valence electrons. The Bertz CT molecular complexity index is 420. The molecular weight excluding hydrogens is 236 g/mol. The van der Waals surface area contributed by atoms with E-state index in [1.165, 1.54) is 38.0 Å². The zero-order chi connectivity index (χ0) is 13.3. The Hall–Kier alpha value is -0.870.